The van der Waals surface area contributed by atoms with Crippen LogP contribution in [0.3, 0.4) is 0 Å². The second-order valence-electron chi connectivity index (χ2n) is 8.92. The van der Waals surface area contributed by atoms with Crippen molar-refractivity contribution in [2.45, 2.75) is 32.6 Å². The van der Waals surface area contributed by atoms with E-state index < -0.39 is 12.2 Å². The van der Waals surface area contributed by atoms with E-state index in [0.717, 1.165) is 17.0 Å². The van der Waals surface area contributed by atoms with E-state index in [-0.39, 0.29) is 67.1 Å². The minimum atomic E-state index is -0.406. The Balaban J connectivity index is 0.00000267. The van der Waals surface area contributed by atoms with Crippen LogP contribution in [-0.4, -0.2) is 37.3 Å². The smallest absolute Gasteiger partial charge is 0.601 e. The van der Waals surface area contributed by atoms with Gasteiger partial charge in [-0.05, 0) is 30.6 Å². The van der Waals surface area contributed by atoms with Crippen LogP contribution in [0.4, 0.5) is 9.59 Å². The Morgan fingerprint density at radius 2 is 1.08 bits per heavy atom. The molecule has 4 rings (SSSR count). The van der Waals surface area contributed by atoms with Gasteiger partial charge in [0.1, 0.15) is 13.2 Å². The summed E-state index contributed by atoms with van der Waals surface area (Å²) in [5.41, 5.74) is 5.80. The summed E-state index contributed by atoms with van der Waals surface area (Å²) in [6, 6.07) is 21.2. The number of allylic oxidation sites excluding steroid dienone is 2. The van der Waals surface area contributed by atoms with E-state index in [1.54, 1.807) is 49.1 Å². The van der Waals surface area contributed by atoms with Gasteiger partial charge in [0.2, 0.25) is 0 Å². The van der Waals surface area contributed by atoms with Crippen molar-refractivity contribution in [1.29, 1.82) is 0 Å². The van der Waals surface area contributed by atoms with Crippen molar-refractivity contribution in [1.82, 2.24) is 4.90 Å². The molecule has 0 spiro atoms. The Morgan fingerprint density at radius 3 is 1.49 bits per heavy atom. The zero-order chi connectivity index (χ0) is 26.2. The SMILES string of the molecule is CC1=C(CCOC(=O)[n+]2ccccc2)C(c2ccccc2)C(CCOC(=O)[n+]2ccccc2)=C(C)N1C.[I-].[I-]. The number of rotatable bonds is 7. The summed E-state index contributed by atoms with van der Waals surface area (Å²) >= 11 is 0. The topological polar surface area (TPSA) is 63.6 Å². The molecule has 7 nitrogen and oxygen atoms in total. The molecule has 0 atom stereocenters. The predicted octanol–water partition coefficient (Wildman–Crippen LogP) is -1.00. The Kier molecular flexibility index (Phi) is 13.1. The van der Waals surface area contributed by atoms with E-state index in [1.165, 1.54) is 20.3 Å². The number of carbonyl (C=O) groups is 2. The molecule has 0 unspecified atom stereocenters. The molecule has 3 heterocycles. The maximum atomic E-state index is 12.5. The lowest BCUT2D eigenvalue weighted by Crippen LogP contribution is -3.00. The van der Waals surface area contributed by atoms with Crippen LogP contribution in [0.1, 0.15) is 38.2 Å². The summed E-state index contributed by atoms with van der Waals surface area (Å²) in [5.74, 6) is 0.00330. The quantitative estimate of drug-likeness (QED) is 0.229. The average Bonchev–Trinajstić information content (AvgIpc) is 2.95. The standard InChI is InChI=1S/C30H33N3O4.2HI/c1-23-26(15-21-36-29(34)32-17-9-5-10-18-32)28(25-13-7-4-8-14-25)27(24(2)31(23)3)16-22-37-30(35)33-19-11-6-12-20-33;;/h4-14,17-20,28H,15-16,21-22H2,1-3H3;2*1H/q+2;;/p-2. The molecule has 9 heteroatoms. The Hall–Kier alpha value is -2.80. The molecule has 0 N–H and O–H groups in total. The molecule has 0 saturated heterocycles. The number of carbonyl (C=O) groups excluding carboxylic acids is 2. The normalized spacial score (nSPS) is 13.4. The monoisotopic (exact) mass is 753 g/mol. The third kappa shape index (κ3) is 8.10. The summed E-state index contributed by atoms with van der Waals surface area (Å²) in [4.78, 5) is 27.1. The summed E-state index contributed by atoms with van der Waals surface area (Å²) in [5, 5.41) is 0. The number of hydrogen-bond donors (Lipinski definition) is 0. The van der Waals surface area contributed by atoms with Crippen molar-refractivity contribution in [3.8, 4) is 0 Å². The van der Waals surface area contributed by atoms with E-state index in [0.29, 0.717) is 12.8 Å². The van der Waals surface area contributed by atoms with Crippen LogP contribution < -0.4 is 57.1 Å². The molecule has 39 heavy (non-hydrogen) atoms. The van der Waals surface area contributed by atoms with Gasteiger partial charge in [-0.3, -0.25) is 0 Å². The van der Waals surface area contributed by atoms with Gasteiger partial charge in [0.05, 0.1) is 0 Å². The van der Waals surface area contributed by atoms with Gasteiger partial charge >= 0.3 is 12.2 Å². The largest absolute Gasteiger partial charge is 1.00 e. The van der Waals surface area contributed by atoms with Gasteiger partial charge in [-0.1, -0.05) is 51.6 Å². The zero-order valence-electron chi connectivity index (χ0n) is 22.3. The fourth-order valence-electron chi connectivity index (χ4n) is 4.70. The fraction of sp³-hybridized carbons (Fsp3) is 0.267. The van der Waals surface area contributed by atoms with E-state index in [4.69, 9.17) is 9.47 Å². The lowest BCUT2D eigenvalue weighted by molar-refractivity contribution is -0.586. The molecule has 0 radical (unpaired) electrons. The van der Waals surface area contributed by atoms with Crippen LogP contribution >= 0.6 is 0 Å². The van der Waals surface area contributed by atoms with Crippen LogP contribution in [0.5, 0.6) is 0 Å². The second kappa shape index (κ2) is 15.7. The first-order valence-electron chi connectivity index (χ1n) is 12.4. The number of ether oxygens (including phenoxy) is 2. The minimum absolute atomic E-state index is 0. The highest BCUT2D eigenvalue weighted by Crippen LogP contribution is 2.43. The molecule has 0 aliphatic carbocycles. The van der Waals surface area contributed by atoms with Gasteiger partial charge in [0.25, 0.3) is 0 Å². The number of nitrogens with zero attached hydrogens (tertiary/aromatic N) is 3. The highest BCUT2D eigenvalue weighted by molar-refractivity contribution is 5.57. The van der Waals surface area contributed by atoms with E-state index in [9.17, 15) is 9.59 Å². The molecule has 0 amide bonds. The zero-order valence-corrected chi connectivity index (χ0v) is 26.6. The first-order chi connectivity index (χ1) is 18.0. The fourth-order valence-corrected chi connectivity index (χ4v) is 4.70. The highest BCUT2D eigenvalue weighted by atomic mass is 127. The molecule has 1 aliphatic rings. The average molecular weight is 753 g/mol. The molecule has 0 saturated carbocycles. The summed E-state index contributed by atoms with van der Waals surface area (Å²) in [6.07, 6.45) is 7.06. The van der Waals surface area contributed by atoms with Crippen LogP contribution in [0.2, 0.25) is 0 Å². The molecule has 3 aromatic rings. The number of aromatic nitrogens is 2. The van der Waals surface area contributed by atoms with Crippen molar-refractivity contribution in [3.05, 3.63) is 120 Å². The minimum Gasteiger partial charge on any atom is -1.00 e. The van der Waals surface area contributed by atoms with Crippen LogP contribution in [0, 0.1) is 0 Å². The first-order valence-corrected chi connectivity index (χ1v) is 12.4. The third-order valence-corrected chi connectivity index (χ3v) is 6.81. The third-order valence-electron chi connectivity index (χ3n) is 6.81. The maximum absolute atomic E-state index is 12.5. The van der Waals surface area contributed by atoms with Gasteiger partial charge in [-0.25, -0.2) is 0 Å². The van der Waals surface area contributed by atoms with Crippen molar-refractivity contribution in [2.75, 3.05) is 20.3 Å². The molecule has 1 aliphatic heterocycles. The van der Waals surface area contributed by atoms with Gasteiger partial charge < -0.3 is 62.3 Å². The number of pyridine rings is 2. The van der Waals surface area contributed by atoms with Gasteiger partial charge in [0.15, 0.2) is 24.8 Å². The van der Waals surface area contributed by atoms with Crippen molar-refractivity contribution in [2.24, 2.45) is 0 Å². The molecular weight excluding hydrogens is 720 g/mol. The van der Waals surface area contributed by atoms with Gasteiger partial charge in [0, 0.05) is 61.5 Å². The summed E-state index contributed by atoms with van der Waals surface area (Å²) < 4.78 is 14.1. The Bertz CT molecular complexity index is 1220. The molecule has 0 fully saturated rings. The Morgan fingerprint density at radius 1 is 0.692 bits per heavy atom. The summed E-state index contributed by atoms with van der Waals surface area (Å²) in [7, 11) is 2.05. The predicted molar refractivity (Wildman–Crippen MR) is 138 cm³/mol. The number of benzene rings is 1. The van der Waals surface area contributed by atoms with Crippen molar-refractivity contribution in [3.63, 3.8) is 0 Å². The lowest BCUT2D eigenvalue weighted by atomic mass is 9.78. The highest BCUT2D eigenvalue weighted by Gasteiger charge is 2.31. The van der Waals surface area contributed by atoms with Gasteiger partial charge in [-0.2, -0.15) is 9.59 Å². The molecule has 2 aromatic heterocycles. The van der Waals surface area contributed by atoms with E-state index in [1.807, 2.05) is 37.4 Å². The summed E-state index contributed by atoms with van der Waals surface area (Å²) in [6.45, 7) is 4.73. The molecule has 1 aromatic carbocycles. The van der Waals surface area contributed by atoms with Crippen molar-refractivity contribution < 1.29 is 76.2 Å². The molecular formula is C30H33I2N3O4. The maximum Gasteiger partial charge on any atom is 0.601 e. The number of hydrogen-bond acceptors (Lipinski definition) is 5. The lowest BCUT2D eigenvalue weighted by Gasteiger charge is -2.38. The second-order valence-corrected chi connectivity index (χ2v) is 8.92. The van der Waals surface area contributed by atoms with Gasteiger partial charge in [-0.15, -0.1) is 0 Å². The van der Waals surface area contributed by atoms with Crippen LogP contribution in [0.25, 0.3) is 0 Å². The Labute approximate surface area is 264 Å². The van der Waals surface area contributed by atoms with Crippen LogP contribution in [-0.2, 0) is 9.47 Å². The van der Waals surface area contributed by atoms with E-state index in [2.05, 4.69) is 30.9 Å². The molecule has 206 valence electrons. The molecule has 0 bridgehead atoms. The van der Waals surface area contributed by atoms with Crippen molar-refractivity contribution >= 4 is 12.2 Å². The van der Waals surface area contributed by atoms with Crippen LogP contribution in [0.15, 0.2) is 114 Å². The number of halogens is 2. The first kappa shape index (κ1) is 32.4. The van der Waals surface area contributed by atoms with E-state index >= 15 is 0 Å².